The van der Waals surface area contributed by atoms with Crippen molar-refractivity contribution in [2.24, 2.45) is 50.7 Å². The maximum atomic E-state index is 12.4. The van der Waals surface area contributed by atoms with Crippen molar-refractivity contribution in [3.05, 3.63) is 0 Å². The van der Waals surface area contributed by atoms with E-state index in [1.54, 1.807) is 13.8 Å². The molecule has 0 bridgehead atoms. The Kier molecular flexibility index (Phi) is 7.57. The molecule has 5 aliphatic carbocycles. The maximum Gasteiger partial charge on any atom is 0.170 e. The highest BCUT2D eigenvalue weighted by atomic mass is 16.7. The zero-order valence-electron chi connectivity index (χ0n) is 29.7. The molecule has 0 amide bonds. The Morgan fingerprint density at radius 1 is 0.957 bits per heavy atom. The number of hydrogen-bond donors (Lipinski definition) is 3. The van der Waals surface area contributed by atoms with Crippen molar-refractivity contribution in [1.29, 1.82) is 0 Å². The Labute approximate surface area is 277 Å². The maximum absolute atomic E-state index is 12.4. The first kappa shape index (κ1) is 32.9. The van der Waals surface area contributed by atoms with Gasteiger partial charge in [-0.15, -0.1) is 0 Å². The molecule has 11 unspecified atom stereocenters. The van der Waals surface area contributed by atoms with Crippen molar-refractivity contribution >= 4 is 0 Å². The molecule has 8 heteroatoms. The lowest BCUT2D eigenvalue weighted by molar-refractivity contribution is -0.251. The largest absolute Gasteiger partial charge is 0.390 e. The van der Waals surface area contributed by atoms with E-state index in [1.165, 1.54) is 25.7 Å². The first-order valence-electron chi connectivity index (χ1n) is 18.9. The zero-order chi connectivity index (χ0) is 32.7. The molecule has 3 saturated heterocycles. The average molecular weight is 646 g/mol. The molecule has 3 N–H and O–H groups in total. The van der Waals surface area contributed by atoms with Gasteiger partial charge in [-0.05, 0) is 117 Å². The van der Waals surface area contributed by atoms with Crippen LogP contribution in [0.5, 0.6) is 0 Å². The van der Waals surface area contributed by atoms with Gasteiger partial charge in [0, 0.05) is 31.2 Å². The van der Waals surface area contributed by atoms with Gasteiger partial charge in [0.1, 0.15) is 6.10 Å². The van der Waals surface area contributed by atoms with Crippen LogP contribution in [0.25, 0.3) is 0 Å². The van der Waals surface area contributed by atoms with Crippen LogP contribution in [0.15, 0.2) is 0 Å². The van der Waals surface area contributed by atoms with Crippen LogP contribution in [-0.4, -0.2) is 102 Å². The average Bonchev–Trinajstić information content (AvgIpc) is 3.26. The number of morpholine rings is 1. The second kappa shape index (κ2) is 10.6. The van der Waals surface area contributed by atoms with Gasteiger partial charge in [0.05, 0.1) is 43.2 Å². The van der Waals surface area contributed by atoms with E-state index in [2.05, 4.69) is 39.5 Å². The van der Waals surface area contributed by atoms with Crippen LogP contribution in [0.3, 0.4) is 0 Å². The summed E-state index contributed by atoms with van der Waals surface area (Å²) in [7, 11) is 0. The summed E-state index contributed by atoms with van der Waals surface area (Å²) < 4.78 is 25.5. The summed E-state index contributed by atoms with van der Waals surface area (Å²) in [6.07, 6.45) is 7.91. The van der Waals surface area contributed by atoms with E-state index in [9.17, 15) is 15.3 Å². The molecule has 3 aliphatic heterocycles. The Balaban J connectivity index is 1.02. The highest BCUT2D eigenvalue weighted by Gasteiger charge is 2.84. The third-order valence-electron chi connectivity index (χ3n) is 16.6. The molecule has 8 aliphatic rings. The predicted molar refractivity (Wildman–Crippen MR) is 174 cm³/mol. The van der Waals surface area contributed by atoms with E-state index >= 15 is 0 Å². The monoisotopic (exact) mass is 645 g/mol. The molecular weight excluding hydrogens is 582 g/mol. The Morgan fingerprint density at radius 3 is 2.41 bits per heavy atom. The number of fused-ring (bicyclic) bond motifs is 4. The fraction of sp³-hybridized carbons (Fsp3) is 1.00. The summed E-state index contributed by atoms with van der Waals surface area (Å²) >= 11 is 0. The van der Waals surface area contributed by atoms with Crippen LogP contribution in [0.1, 0.15) is 106 Å². The Hall–Kier alpha value is -0.320. The van der Waals surface area contributed by atoms with Crippen molar-refractivity contribution in [1.82, 2.24) is 4.90 Å². The van der Waals surface area contributed by atoms with Crippen molar-refractivity contribution in [3.63, 3.8) is 0 Å². The van der Waals surface area contributed by atoms with E-state index in [1.807, 2.05) is 0 Å². The van der Waals surface area contributed by atoms with Gasteiger partial charge in [-0.3, -0.25) is 4.90 Å². The van der Waals surface area contributed by atoms with Crippen LogP contribution in [0.2, 0.25) is 0 Å². The molecule has 46 heavy (non-hydrogen) atoms. The topological polar surface area (TPSA) is 101 Å². The van der Waals surface area contributed by atoms with Gasteiger partial charge in [0.15, 0.2) is 6.29 Å². The van der Waals surface area contributed by atoms with Crippen LogP contribution in [-0.2, 0) is 18.9 Å². The lowest BCUT2D eigenvalue weighted by atomic mass is 9.41. The number of aliphatic hydroxyl groups is 3. The first-order valence-corrected chi connectivity index (χ1v) is 18.9. The minimum Gasteiger partial charge on any atom is -0.390 e. The lowest BCUT2D eigenvalue weighted by Gasteiger charge is -2.64. The molecule has 15 atom stereocenters. The quantitative estimate of drug-likeness (QED) is 0.394. The summed E-state index contributed by atoms with van der Waals surface area (Å²) in [5.74, 6) is 1.66. The predicted octanol–water partition coefficient (Wildman–Crippen LogP) is 4.76. The second-order valence-electron chi connectivity index (χ2n) is 19.1. The highest BCUT2D eigenvalue weighted by molar-refractivity contribution is 5.33. The van der Waals surface area contributed by atoms with E-state index in [4.69, 9.17) is 18.9 Å². The SMILES string of the molecule is C[C@@H]1CC(C(O)C(C)(C)O)OC2C1C1(C)CCC34CC35CCC(OC3CN(C6CCOC6)CCO3)C(C)(C)[C@@H]5CCC4[C@]1(C)[C@H]2O. The van der Waals surface area contributed by atoms with Crippen LogP contribution >= 0.6 is 0 Å². The van der Waals surface area contributed by atoms with Gasteiger partial charge >= 0.3 is 0 Å². The molecule has 0 aromatic heterocycles. The van der Waals surface area contributed by atoms with E-state index in [-0.39, 0.29) is 46.1 Å². The van der Waals surface area contributed by atoms with E-state index < -0.39 is 23.9 Å². The number of ether oxygens (including phenoxy) is 4. The van der Waals surface area contributed by atoms with Crippen molar-refractivity contribution in [2.45, 2.75) is 155 Å². The second-order valence-corrected chi connectivity index (χ2v) is 19.1. The highest BCUT2D eigenvalue weighted by Crippen LogP contribution is 2.89. The molecule has 0 aromatic carbocycles. The molecule has 8 rings (SSSR count). The molecular formula is C38H63NO7. The van der Waals surface area contributed by atoms with E-state index in [0.29, 0.717) is 29.2 Å². The molecule has 0 radical (unpaired) electrons. The van der Waals surface area contributed by atoms with Crippen LogP contribution in [0, 0.1) is 50.7 Å². The van der Waals surface area contributed by atoms with E-state index in [0.717, 1.165) is 65.0 Å². The van der Waals surface area contributed by atoms with Crippen molar-refractivity contribution < 1.29 is 34.3 Å². The Bertz CT molecular complexity index is 1180. The normalized spacial score (nSPS) is 55.4. The summed E-state index contributed by atoms with van der Waals surface area (Å²) in [6, 6.07) is 0.498. The molecule has 0 aromatic rings. The summed E-state index contributed by atoms with van der Waals surface area (Å²) in [6.45, 7) is 19.7. The molecule has 8 fully saturated rings. The van der Waals surface area contributed by atoms with Crippen LogP contribution < -0.4 is 0 Å². The minimum absolute atomic E-state index is 0.0158. The van der Waals surface area contributed by atoms with Crippen molar-refractivity contribution in [2.75, 3.05) is 32.9 Å². The third-order valence-corrected chi connectivity index (χ3v) is 16.6. The zero-order valence-corrected chi connectivity index (χ0v) is 29.7. The number of aliphatic hydroxyl groups excluding tert-OH is 2. The number of hydrogen-bond acceptors (Lipinski definition) is 8. The van der Waals surface area contributed by atoms with Gasteiger partial charge in [0.25, 0.3) is 0 Å². The number of rotatable bonds is 5. The van der Waals surface area contributed by atoms with Gasteiger partial charge in [0.2, 0.25) is 0 Å². The number of nitrogens with zero attached hydrogens (tertiary/aromatic N) is 1. The third kappa shape index (κ3) is 4.26. The minimum atomic E-state index is -1.24. The molecule has 8 nitrogen and oxygen atoms in total. The van der Waals surface area contributed by atoms with Gasteiger partial charge in [-0.25, -0.2) is 0 Å². The molecule has 3 heterocycles. The summed E-state index contributed by atoms with van der Waals surface area (Å²) in [5.41, 5.74) is -0.804. The van der Waals surface area contributed by atoms with Crippen LogP contribution in [0.4, 0.5) is 0 Å². The van der Waals surface area contributed by atoms with Gasteiger partial charge < -0.3 is 34.3 Å². The molecule has 5 saturated carbocycles. The molecule has 2 spiro atoms. The van der Waals surface area contributed by atoms with Gasteiger partial charge in [-0.2, -0.15) is 0 Å². The summed E-state index contributed by atoms with van der Waals surface area (Å²) in [4.78, 5) is 2.53. The summed E-state index contributed by atoms with van der Waals surface area (Å²) in [5, 5.41) is 34.1. The lowest BCUT2D eigenvalue weighted by Crippen LogP contribution is -2.60. The smallest absolute Gasteiger partial charge is 0.170 e. The Morgan fingerprint density at radius 2 is 1.70 bits per heavy atom. The first-order chi connectivity index (χ1) is 21.6. The molecule has 262 valence electrons. The standard InChI is InChI=1S/C38H63NO7/c1-22-18-24(31(40)34(4,5)42)45-30-29(22)35(6)13-14-38-21-37(38)12-10-27(46-28-19-39(15-17-44-28)23-11-16-43-20-23)33(2,3)25(37)8-9-26(38)36(35,7)32(30)41/h22-32,40-42H,8-21H2,1-7H3/t22-,23?,24?,25+,26?,27?,28?,29?,30?,31?,32+,35?,36-,37?,38?/m1/s1. The van der Waals surface area contributed by atoms with Crippen molar-refractivity contribution in [3.8, 4) is 0 Å². The van der Waals surface area contributed by atoms with Gasteiger partial charge in [-0.1, -0.05) is 34.6 Å². The fourth-order valence-electron chi connectivity index (χ4n) is 14.3. The fourth-order valence-corrected chi connectivity index (χ4v) is 14.3.